The van der Waals surface area contributed by atoms with E-state index in [4.69, 9.17) is 5.11 Å². The van der Waals surface area contributed by atoms with Gasteiger partial charge in [0.15, 0.2) is 0 Å². The van der Waals surface area contributed by atoms with Crippen molar-refractivity contribution in [2.24, 2.45) is 5.41 Å². The maximum Gasteiger partial charge on any atom is 0.229 e. The molecular formula is C14H24N2O3. The van der Waals surface area contributed by atoms with Gasteiger partial charge in [0.25, 0.3) is 0 Å². The number of rotatable bonds is 5. The molecule has 0 aromatic heterocycles. The predicted molar refractivity (Wildman–Crippen MR) is 71.4 cm³/mol. The number of nitrogens with one attached hydrogen (secondary N) is 1. The van der Waals surface area contributed by atoms with Gasteiger partial charge in [-0.1, -0.05) is 12.8 Å². The van der Waals surface area contributed by atoms with Crippen molar-refractivity contribution in [3.63, 3.8) is 0 Å². The minimum Gasteiger partial charge on any atom is -0.392 e. The monoisotopic (exact) mass is 268 g/mol. The Labute approximate surface area is 114 Å². The second kappa shape index (κ2) is 6.01. The molecule has 1 unspecified atom stereocenters. The van der Waals surface area contributed by atoms with Gasteiger partial charge in [0.1, 0.15) is 0 Å². The smallest absolute Gasteiger partial charge is 0.229 e. The molecule has 5 heteroatoms. The largest absolute Gasteiger partial charge is 0.392 e. The molecule has 0 aromatic carbocycles. The topological polar surface area (TPSA) is 69.6 Å². The Hall–Kier alpha value is -0.940. The number of nitrogens with zero attached hydrogens (tertiary/aromatic N) is 1. The molecule has 2 N–H and O–H groups in total. The fraction of sp³-hybridized carbons (Fsp3) is 0.857. The summed E-state index contributed by atoms with van der Waals surface area (Å²) in [5.41, 5.74) is -0.0162. The minimum absolute atomic E-state index is 0.0162. The number of carbonyl (C=O) groups excluding carboxylic acids is 2. The number of carbonyl (C=O) groups is 2. The second-order valence-electron chi connectivity index (χ2n) is 6.05. The molecular weight excluding hydrogens is 244 g/mol. The lowest BCUT2D eigenvalue weighted by atomic mass is 9.76. The molecule has 2 rings (SSSR count). The molecule has 1 aliphatic heterocycles. The van der Waals surface area contributed by atoms with Crippen LogP contribution in [0.1, 0.15) is 45.4 Å². The summed E-state index contributed by atoms with van der Waals surface area (Å²) in [6.45, 7) is 3.16. The van der Waals surface area contributed by atoms with Gasteiger partial charge in [0.2, 0.25) is 11.8 Å². The van der Waals surface area contributed by atoms with Crippen molar-refractivity contribution >= 4 is 11.8 Å². The maximum absolute atomic E-state index is 12.1. The van der Waals surface area contributed by atoms with Crippen LogP contribution in [-0.4, -0.2) is 47.6 Å². The third kappa shape index (κ3) is 3.54. The van der Waals surface area contributed by atoms with Gasteiger partial charge in [-0.05, 0) is 25.2 Å². The highest BCUT2D eigenvalue weighted by Gasteiger charge is 2.44. The third-order valence-corrected chi connectivity index (χ3v) is 4.27. The first-order valence-corrected chi connectivity index (χ1v) is 7.24. The summed E-state index contributed by atoms with van der Waals surface area (Å²) in [7, 11) is 0. The zero-order chi connectivity index (χ0) is 13.9. The van der Waals surface area contributed by atoms with E-state index < -0.39 is 6.10 Å². The summed E-state index contributed by atoms with van der Waals surface area (Å²) in [6.07, 6.45) is 5.02. The molecule has 0 bridgehead atoms. The van der Waals surface area contributed by atoms with Gasteiger partial charge < -0.3 is 10.4 Å². The number of amides is 2. The van der Waals surface area contributed by atoms with Crippen LogP contribution in [0.5, 0.6) is 0 Å². The van der Waals surface area contributed by atoms with E-state index in [1.807, 2.05) is 0 Å². The van der Waals surface area contributed by atoms with E-state index in [0.717, 1.165) is 25.7 Å². The SMILES string of the molecule is CC(O)CNCCN1C(=O)CC2(CCCC2)CC1=O. The Bertz CT molecular complexity index is 329. The van der Waals surface area contributed by atoms with Crippen LogP contribution in [0.3, 0.4) is 0 Å². The predicted octanol–water partition coefficient (Wildman–Crippen LogP) is 0.666. The maximum atomic E-state index is 12.1. The average molecular weight is 268 g/mol. The highest BCUT2D eigenvalue weighted by molar-refractivity contribution is 5.98. The van der Waals surface area contributed by atoms with Crippen molar-refractivity contribution in [1.29, 1.82) is 0 Å². The van der Waals surface area contributed by atoms with Gasteiger partial charge in [0.05, 0.1) is 6.10 Å². The lowest BCUT2D eigenvalue weighted by Crippen LogP contribution is -2.49. The number of hydrogen-bond acceptors (Lipinski definition) is 4. The fourth-order valence-electron chi connectivity index (χ4n) is 3.26. The highest BCUT2D eigenvalue weighted by atomic mass is 16.3. The van der Waals surface area contributed by atoms with Crippen molar-refractivity contribution in [1.82, 2.24) is 10.2 Å². The first-order chi connectivity index (χ1) is 9.02. The van der Waals surface area contributed by atoms with E-state index in [2.05, 4.69) is 5.32 Å². The lowest BCUT2D eigenvalue weighted by Gasteiger charge is -2.37. The van der Waals surface area contributed by atoms with Gasteiger partial charge in [-0.25, -0.2) is 0 Å². The van der Waals surface area contributed by atoms with Crippen LogP contribution >= 0.6 is 0 Å². The van der Waals surface area contributed by atoms with Crippen LogP contribution in [0.2, 0.25) is 0 Å². The number of likely N-dealkylation sites (tertiary alicyclic amines) is 1. The van der Waals surface area contributed by atoms with Gasteiger partial charge in [-0.3, -0.25) is 14.5 Å². The summed E-state index contributed by atoms with van der Waals surface area (Å²) < 4.78 is 0. The van der Waals surface area contributed by atoms with E-state index in [0.29, 0.717) is 32.5 Å². The van der Waals surface area contributed by atoms with Crippen LogP contribution in [0.15, 0.2) is 0 Å². The molecule has 0 aromatic rings. The Kier molecular flexibility index (Phi) is 4.58. The Morgan fingerprint density at radius 2 is 1.84 bits per heavy atom. The summed E-state index contributed by atoms with van der Waals surface area (Å²) in [6, 6.07) is 0. The number of aliphatic hydroxyl groups is 1. The van der Waals surface area contributed by atoms with Crippen molar-refractivity contribution in [3.05, 3.63) is 0 Å². The lowest BCUT2D eigenvalue weighted by molar-refractivity contribution is -0.153. The van der Waals surface area contributed by atoms with Gasteiger partial charge in [-0.2, -0.15) is 0 Å². The zero-order valence-corrected chi connectivity index (χ0v) is 11.7. The Balaban J connectivity index is 1.82. The first-order valence-electron chi connectivity index (χ1n) is 7.24. The summed E-state index contributed by atoms with van der Waals surface area (Å²) in [5.74, 6) is -0.0333. The number of piperidine rings is 1. The second-order valence-corrected chi connectivity index (χ2v) is 6.05. The van der Waals surface area contributed by atoms with Gasteiger partial charge >= 0.3 is 0 Å². The molecule has 5 nitrogen and oxygen atoms in total. The molecule has 1 spiro atoms. The Morgan fingerprint density at radius 3 is 2.37 bits per heavy atom. The van der Waals surface area contributed by atoms with E-state index in [1.165, 1.54) is 4.90 Å². The Morgan fingerprint density at radius 1 is 1.26 bits per heavy atom. The minimum atomic E-state index is -0.408. The van der Waals surface area contributed by atoms with Crippen LogP contribution < -0.4 is 5.32 Å². The standard InChI is InChI=1S/C14H24N2O3/c1-11(17)10-15-6-7-16-12(18)8-14(9-13(16)19)4-2-3-5-14/h11,15,17H,2-10H2,1H3. The molecule has 19 heavy (non-hydrogen) atoms. The fourth-order valence-corrected chi connectivity index (χ4v) is 3.26. The molecule has 2 amide bonds. The summed E-state index contributed by atoms with van der Waals surface area (Å²) in [5, 5.41) is 12.2. The molecule has 1 saturated heterocycles. The third-order valence-electron chi connectivity index (χ3n) is 4.27. The van der Waals surface area contributed by atoms with Gasteiger partial charge in [-0.15, -0.1) is 0 Å². The van der Waals surface area contributed by atoms with Crippen molar-refractivity contribution in [2.45, 2.75) is 51.6 Å². The molecule has 1 atom stereocenters. The van der Waals surface area contributed by atoms with Crippen LogP contribution in [0.25, 0.3) is 0 Å². The number of aliphatic hydroxyl groups excluding tert-OH is 1. The van der Waals surface area contributed by atoms with Crippen LogP contribution in [0.4, 0.5) is 0 Å². The van der Waals surface area contributed by atoms with E-state index in [1.54, 1.807) is 6.92 Å². The first kappa shape index (κ1) is 14.5. The van der Waals surface area contributed by atoms with E-state index in [9.17, 15) is 9.59 Å². The summed E-state index contributed by atoms with van der Waals surface area (Å²) >= 11 is 0. The molecule has 108 valence electrons. The molecule has 2 fully saturated rings. The highest BCUT2D eigenvalue weighted by Crippen LogP contribution is 2.46. The molecule has 1 heterocycles. The van der Waals surface area contributed by atoms with Gasteiger partial charge in [0, 0.05) is 32.5 Å². The number of imide groups is 1. The zero-order valence-electron chi connectivity index (χ0n) is 11.7. The molecule has 1 aliphatic carbocycles. The van der Waals surface area contributed by atoms with Crippen molar-refractivity contribution in [2.75, 3.05) is 19.6 Å². The molecule has 0 radical (unpaired) electrons. The van der Waals surface area contributed by atoms with Crippen LogP contribution in [0, 0.1) is 5.41 Å². The summed E-state index contributed by atoms with van der Waals surface area (Å²) in [4.78, 5) is 25.6. The van der Waals surface area contributed by atoms with Crippen LogP contribution in [-0.2, 0) is 9.59 Å². The molecule has 1 saturated carbocycles. The normalized spacial score (nSPS) is 24.2. The van der Waals surface area contributed by atoms with Crippen molar-refractivity contribution < 1.29 is 14.7 Å². The van der Waals surface area contributed by atoms with E-state index >= 15 is 0 Å². The number of hydrogen-bond donors (Lipinski definition) is 2. The molecule has 2 aliphatic rings. The average Bonchev–Trinajstić information content (AvgIpc) is 2.74. The van der Waals surface area contributed by atoms with E-state index in [-0.39, 0.29) is 17.2 Å². The van der Waals surface area contributed by atoms with Crippen molar-refractivity contribution in [3.8, 4) is 0 Å². The quantitative estimate of drug-likeness (QED) is 0.568.